The van der Waals surface area contributed by atoms with Crippen LogP contribution in [0.25, 0.3) is 0 Å². The van der Waals surface area contributed by atoms with Crippen molar-refractivity contribution >= 4 is 21.7 Å². The number of Topliss-reactive ketones (excluding diaryl/α,β-unsaturated/α-hetero) is 1. The summed E-state index contributed by atoms with van der Waals surface area (Å²) < 4.78 is 13.9. The van der Waals surface area contributed by atoms with E-state index in [-0.39, 0.29) is 29.7 Å². The van der Waals surface area contributed by atoms with Gasteiger partial charge in [0.2, 0.25) is 0 Å². The van der Waals surface area contributed by atoms with Crippen LogP contribution in [0.1, 0.15) is 30.6 Å². The van der Waals surface area contributed by atoms with Crippen LogP contribution in [0.5, 0.6) is 0 Å². The van der Waals surface area contributed by atoms with E-state index in [0.29, 0.717) is 4.47 Å². The number of benzene rings is 1. The lowest BCUT2D eigenvalue weighted by atomic mass is 9.96. The zero-order valence-corrected chi connectivity index (χ0v) is 10.9. The van der Waals surface area contributed by atoms with Gasteiger partial charge in [0.1, 0.15) is 5.82 Å². The topological polar surface area (TPSA) is 43.1 Å². The number of ketones is 1. The van der Waals surface area contributed by atoms with E-state index >= 15 is 0 Å². The number of halogens is 2. The molecule has 0 saturated heterocycles. The predicted octanol–water partition coefficient (Wildman–Crippen LogP) is 3.14. The minimum absolute atomic E-state index is 0.102. The van der Waals surface area contributed by atoms with Gasteiger partial charge in [-0.3, -0.25) is 4.79 Å². The van der Waals surface area contributed by atoms with Gasteiger partial charge in [0.25, 0.3) is 0 Å². The Hall–Kier alpha value is -0.740. The van der Waals surface area contributed by atoms with Gasteiger partial charge in [-0.15, -0.1) is 0 Å². The van der Waals surface area contributed by atoms with Crippen molar-refractivity contribution in [2.75, 3.05) is 0 Å². The Balaban J connectivity index is 2.85. The molecule has 0 aliphatic heterocycles. The maximum atomic E-state index is 13.6. The van der Waals surface area contributed by atoms with Crippen LogP contribution in [-0.4, -0.2) is 11.8 Å². The van der Waals surface area contributed by atoms with E-state index in [1.807, 2.05) is 13.8 Å². The molecule has 2 nitrogen and oxygen atoms in total. The van der Waals surface area contributed by atoms with Crippen LogP contribution in [0.15, 0.2) is 22.7 Å². The minimum atomic E-state index is -0.511. The molecule has 1 rings (SSSR count). The van der Waals surface area contributed by atoms with Gasteiger partial charge in [-0.2, -0.15) is 0 Å². The van der Waals surface area contributed by atoms with Crippen molar-refractivity contribution < 1.29 is 9.18 Å². The monoisotopic (exact) mass is 287 g/mol. The van der Waals surface area contributed by atoms with E-state index < -0.39 is 5.82 Å². The molecule has 1 aromatic rings. The molecular weight excluding hydrogens is 273 g/mol. The fourth-order valence-electron chi connectivity index (χ4n) is 1.28. The normalized spacial score (nSPS) is 12.9. The molecule has 0 saturated carbocycles. The summed E-state index contributed by atoms with van der Waals surface area (Å²) in [6, 6.07) is 4.46. The summed E-state index contributed by atoms with van der Waals surface area (Å²) >= 11 is 3.05. The molecule has 0 aromatic heterocycles. The zero-order chi connectivity index (χ0) is 12.3. The van der Waals surface area contributed by atoms with Crippen molar-refractivity contribution in [1.82, 2.24) is 0 Å². The van der Waals surface area contributed by atoms with E-state index in [0.717, 1.165) is 0 Å². The maximum Gasteiger partial charge on any atom is 0.167 e. The zero-order valence-electron chi connectivity index (χ0n) is 9.34. The molecule has 0 bridgehead atoms. The molecule has 0 heterocycles. The third kappa shape index (κ3) is 3.12. The van der Waals surface area contributed by atoms with Gasteiger partial charge in [0.15, 0.2) is 5.78 Å². The fraction of sp³-hybridized carbons (Fsp3) is 0.417. The number of carbonyl (C=O) groups is 1. The van der Waals surface area contributed by atoms with Crippen molar-refractivity contribution in [2.24, 2.45) is 11.7 Å². The second kappa shape index (κ2) is 5.55. The lowest BCUT2D eigenvalue weighted by Crippen LogP contribution is -2.29. The largest absolute Gasteiger partial charge is 0.327 e. The first-order valence-corrected chi connectivity index (χ1v) is 5.95. The molecule has 1 unspecified atom stereocenters. The first-order chi connectivity index (χ1) is 7.43. The first kappa shape index (κ1) is 13.3. The Morgan fingerprint density at radius 2 is 2.12 bits per heavy atom. The van der Waals surface area contributed by atoms with E-state index in [1.165, 1.54) is 6.07 Å². The molecule has 0 aliphatic rings. The van der Waals surface area contributed by atoms with Crippen molar-refractivity contribution in [3.63, 3.8) is 0 Å². The molecule has 16 heavy (non-hydrogen) atoms. The summed E-state index contributed by atoms with van der Waals surface area (Å²) in [6.45, 7) is 3.88. The molecule has 1 aromatic carbocycles. The van der Waals surface area contributed by atoms with Crippen LogP contribution < -0.4 is 5.73 Å². The van der Waals surface area contributed by atoms with Crippen molar-refractivity contribution in [3.05, 3.63) is 34.1 Å². The van der Waals surface area contributed by atoms with Crippen LogP contribution in [0, 0.1) is 11.7 Å². The number of carbonyl (C=O) groups excluding carboxylic acids is 1. The highest BCUT2D eigenvalue weighted by atomic mass is 79.9. The predicted molar refractivity (Wildman–Crippen MR) is 65.9 cm³/mol. The molecule has 1 atom stereocenters. The standard InChI is InChI=1S/C12H15BrFNO/c1-7(2)10(15)6-11(16)8-4-3-5-9(13)12(8)14/h3-5,7,10H,6,15H2,1-2H3. The summed E-state index contributed by atoms with van der Waals surface area (Å²) in [5.74, 6) is -0.553. The van der Waals surface area contributed by atoms with Gasteiger partial charge in [0.05, 0.1) is 10.0 Å². The molecule has 2 N–H and O–H groups in total. The van der Waals surface area contributed by atoms with Gasteiger partial charge < -0.3 is 5.73 Å². The maximum absolute atomic E-state index is 13.6. The molecule has 0 fully saturated rings. The van der Waals surface area contributed by atoms with Gasteiger partial charge in [-0.1, -0.05) is 19.9 Å². The average Bonchev–Trinajstić information content (AvgIpc) is 2.21. The summed E-state index contributed by atoms with van der Waals surface area (Å²) in [4.78, 5) is 11.8. The smallest absolute Gasteiger partial charge is 0.167 e. The number of hydrogen-bond donors (Lipinski definition) is 1. The van der Waals surface area contributed by atoms with E-state index in [4.69, 9.17) is 5.73 Å². The highest BCUT2D eigenvalue weighted by molar-refractivity contribution is 9.10. The third-order valence-corrected chi connectivity index (χ3v) is 3.14. The summed E-state index contributed by atoms with van der Waals surface area (Å²) in [7, 11) is 0. The SMILES string of the molecule is CC(C)C(N)CC(=O)c1cccc(Br)c1F. The summed E-state index contributed by atoms with van der Waals surface area (Å²) in [5.41, 5.74) is 5.89. The lowest BCUT2D eigenvalue weighted by molar-refractivity contribution is 0.0963. The van der Waals surface area contributed by atoms with Crippen molar-refractivity contribution in [2.45, 2.75) is 26.3 Å². The first-order valence-electron chi connectivity index (χ1n) is 5.16. The third-order valence-electron chi connectivity index (χ3n) is 2.53. The van der Waals surface area contributed by atoms with Gasteiger partial charge in [0, 0.05) is 12.5 Å². The van der Waals surface area contributed by atoms with E-state index in [1.54, 1.807) is 12.1 Å². The number of nitrogens with two attached hydrogens (primary N) is 1. The van der Waals surface area contributed by atoms with E-state index in [9.17, 15) is 9.18 Å². The average molecular weight is 288 g/mol. The highest BCUT2D eigenvalue weighted by Gasteiger charge is 2.18. The lowest BCUT2D eigenvalue weighted by Gasteiger charge is -2.14. The Bertz CT molecular complexity index is 393. The number of rotatable bonds is 4. The second-order valence-electron chi connectivity index (χ2n) is 4.14. The Labute approximate surface area is 103 Å². The van der Waals surface area contributed by atoms with Crippen LogP contribution in [0.2, 0.25) is 0 Å². The van der Waals surface area contributed by atoms with Gasteiger partial charge in [-0.25, -0.2) is 4.39 Å². The molecule has 88 valence electrons. The molecular formula is C12H15BrFNO. The van der Waals surface area contributed by atoms with Gasteiger partial charge >= 0.3 is 0 Å². The van der Waals surface area contributed by atoms with E-state index in [2.05, 4.69) is 15.9 Å². The second-order valence-corrected chi connectivity index (χ2v) is 4.99. The minimum Gasteiger partial charge on any atom is -0.327 e. The molecule has 0 radical (unpaired) electrons. The van der Waals surface area contributed by atoms with Crippen molar-refractivity contribution in [1.29, 1.82) is 0 Å². The van der Waals surface area contributed by atoms with Crippen LogP contribution in [0.3, 0.4) is 0 Å². The Morgan fingerprint density at radius 1 is 1.50 bits per heavy atom. The van der Waals surface area contributed by atoms with Crippen LogP contribution in [-0.2, 0) is 0 Å². The van der Waals surface area contributed by atoms with Crippen molar-refractivity contribution in [3.8, 4) is 0 Å². The number of hydrogen-bond acceptors (Lipinski definition) is 2. The van der Waals surface area contributed by atoms with Crippen LogP contribution in [0.4, 0.5) is 4.39 Å². The quantitative estimate of drug-likeness (QED) is 0.865. The highest BCUT2D eigenvalue weighted by Crippen LogP contribution is 2.20. The Morgan fingerprint density at radius 3 is 2.69 bits per heavy atom. The fourth-order valence-corrected chi connectivity index (χ4v) is 1.65. The van der Waals surface area contributed by atoms with Gasteiger partial charge in [-0.05, 0) is 34.0 Å². The molecule has 0 aliphatic carbocycles. The molecule has 0 spiro atoms. The summed E-state index contributed by atoms with van der Waals surface area (Å²) in [6.07, 6.45) is 0.172. The van der Waals surface area contributed by atoms with Crippen LogP contribution >= 0.6 is 15.9 Å². The Kier molecular flexibility index (Phi) is 4.62. The molecule has 0 amide bonds. The molecule has 4 heteroatoms. The summed E-state index contributed by atoms with van der Waals surface area (Å²) in [5, 5.41) is 0.